The third kappa shape index (κ3) is 2.88. The van der Waals surface area contributed by atoms with E-state index in [9.17, 15) is 18.3 Å². The van der Waals surface area contributed by atoms with Crippen LogP contribution in [-0.4, -0.2) is 30.1 Å². The maximum absolute atomic E-state index is 12.3. The predicted molar refractivity (Wildman–Crippen MR) is 61.0 cm³/mol. The highest BCUT2D eigenvalue weighted by atomic mass is 19.4. The van der Waals surface area contributed by atoms with Gasteiger partial charge in [-0.2, -0.15) is 13.2 Å². The third-order valence-electron chi connectivity index (χ3n) is 4.04. The van der Waals surface area contributed by atoms with E-state index < -0.39 is 18.4 Å². The van der Waals surface area contributed by atoms with E-state index in [0.29, 0.717) is 17.8 Å². The molecule has 2 bridgehead atoms. The SMILES string of the molecule is CC(O)(COCCC1CC2C=CC1C2)C(F)(F)F. The van der Waals surface area contributed by atoms with Crippen LogP contribution in [0.5, 0.6) is 0 Å². The van der Waals surface area contributed by atoms with Crippen LogP contribution in [0.25, 0.3) is 0 Å². The number of allylic oxidation sites excluding steroid dienone is 2. The van der Waals surface area contributed by atoms with Crippen molar-refractivity contribution < 1.29 is 23.0 Å². The van der Waals surface area contributed by atoms with Crippen LogP contribution in [0, 0.1) is 17.8 Å². The van der Waals surface area contributed by atoms with E-state index in [4.69, 9.17) is 4.74 Å². The lowest BCUT2D eigenvalue weighted by atomic mass is 9.91. The second kappa shape index (κ2) is 4.85. The Morgan fingerprint density at radius 2 is 2.00 bits per heavy atom. The summed E-state index contributed by atoms with van der Waals surface area (Å²) >= 11 is 0. The Morgan fingerprint density at radius 3 is 2.50 bits per heavy atom. The molecule has 0 radical (unpaired) electrons. The van der Waals surface area contributed by atoms with Crippen LogP contribution >= 0.6 is 0 Å². The molecule has 0 aromatic carbocycles. The first-order valence-corrected chi connectivity index (χ1v) is 6.35. The second-order valence-electron chi connectivity index (χ2n) is 5.65. The highest BCUT2D eigenvalue weighted by molar-refractivity contribution is 5.09. The summed E-state index contributed by atoms with van der Waals surface area (Å²) in [6, 6.07) is 0. The van der Waals surface area contributed by atoms with Crippen molar-refractivity contribution in [3.05, 3.63) is 12.2 Å². The molecule has 5 heteroatoms. The molecule has 2 nitrogen and oxygen atoms in total. The molecule has 2 rings (SSSR count). The van der Waals surface area contributed by atoms with E-state index in [1.54, 1.807) is 0 Å². The van der Waals surface area contributed by atoms with Crippen molar-refractivity contribution in [1.82, 2.24) is 0 Å². The van der Waals surface area contributed by atoms with Gasteiger partial charge in [-0.3, -0.25) is 0 Å². The topological polar surface area (TPSA) is 29.5 Å². The van der Waals surface area contributed by atoms with Crippen molar-refractivity contribution >= 4 is 0 Å². The highest BCUT2D eigenvalue weighted by Gasteiger charge is 2.50. The molecule has 0 heterocycles. The second-order valence-corrected chi connectivity index (χ2v) is 5.65. The molecule has 0 saturated heterocycles. The molecule has 2 aliphatic carbocycles. The molecule has 0 spiro atoms. The fraction of sp³-hybridized carbons (Fsp3) is 0.846. The normalized spacial score (nSPS) is 33.9. The van der Waals surface area contributed by atoms with Gasteiger partial charge in [0.05, 0.1) is 6.61 Å². The zero-order valence-corrected chi connectivity index (χ0v) is 10.4. The van der Waals surface area contributed by atoms with Gasteiger partial charge in [-0.1, -0.05) is 12.2 Å². The quantitative estimate of drug-likeness (QED) is 0.611. The maximum atomic E-state index is 12.3. The zero-order valence-electron chi connectivity index (χ0n) is 10.4. The van der Waals surface area contributed by atoms with Crippen LogP contribution in [0.3, 0.4) is 0 Å². The van der Waals surface area contributed by atoms with E-state index in [2.05, 4.69) is 12.2 Å². The number of ether oxygens (including phenoxy) is 1. The van der Waals surface area contributed by atoms with Gasteiger partial charge in [0, 0.05) is 6.61 Å². The molecule has 4 unspecified atom stereocenters. The highest BCUT2D eigenvalue weighted by Crippen LogP contribution is 2.44. The molecule has 104 valence electrons. The summed E-state index contributed by atoms with van der Waals surface area (Å²) in [5, 5.41) is 9.19. The van der Waals surface area contributed by atoms with Gasteiger partial charge in [0.25, 0.3) is 0 Å². The average molecular weight is 264 g/mol. The molecule has 0 aromatic rings. The number of alkyl halides is 3. The first-order valence-electron chi connectivity index (χ1n) is 6.35. The number of rotatable bonds is 5. The van der Waals surface area contributed by atoms with Gasteiger partial charge < -0.3 is 9.84 Å². The number of halogens is 3. The van der Waals surface area contributed by atoms with Crippen molar-refractivity contribution in [2.24, 2.45) is 17.8 Å². The number of hydrogen-bond donors (Lipinski definition) is 1. The summed E-state index contributed by atoms with van der Waals surface area (Å²) in [5.41, 5.74) is -2.75. The first kappa shape index (κ1) is 13.9. The molecule has 0 aliphatic heterocycles. The minimum absolute atomic E-state index is 0.286. The summed E-state index contributed by atoms with van der Waals surface area (Å²) in [6.45, 7) is 0.342. The van der Waals surface area contributed by atoms with Crippen molar-refractivity contribution in [1.29, 1.82) is 0 Å². The minimum atomic E-state index is -4.64. The average Bonchev–Trinajstić information content (AvgIpc) is 2.84. The van der Waals surface area contributed by atoms with Crippen molar-refractivity contribution in [3.63, 3.8) is 0 Å². The number of fused-ring (bicyclic) bond motifs is 2. The Balaban J connectivity index is 1.66. The zero-order chi connectivity index (χ0) is 13.4. The lowest BCUT2D eigenvalue weighted by Gasteiger charge is -2.26. The summed E-state index contributed by atoms with van der Waals surface area (Å²) in [5.74, 6) is 1.79. The molecule has 1 N–H and O–H groups in total. The largest absolute Gasteiger partial charge is 0.419 e. The predicted octanol–water partition coefficient (Wildman–Crippen LogP) is 2.92. The molecule has 1 fully saturated rings. The fourth-order valence-corrected chi connectivity index (χ4v) is 2.81. The fourth-order valence-electron chi connectivity index (χ4n) is 2.81. The molecular weight excluding hydrogens is 245 g/mol. The summed E-state index contributed by atoms with van der Waals surface area (Å²) in [7, 11) is 0. The van der Waals surface area contributed by atoms with Gasteiger partial charge in [0.1, 0.15) is 0 Å². The molecule has 0 amide bonds. The van der Waals surface area contributed by atoms with E-state index in [1.165, 1.54) is 6.42 Å². The van der Waals surface area contributed by atoms with Crippen molar-refractivity contribution in [2.45, 2.75) is 38.0 Å². The van der Waals surface area contributed by atoms with Crippen LogP contribution in [-0.2, 0) is 4.74 Å². The summed E-state index contributed by atoms with van der Waals surface area (Å²) in [4.78, 5) is 0. The number of hydrogen-bond acceptors (Lipinski definition) is 2. The Labute approximate surface area is 105 Å². The van der Waals surface area contributed by atoms with Crippen molar-refractivity contribution in [2.75, 3.05) is 13.2 Å². The summed E-state index contributed by atoms with van der Waals surface area (Å²) < 4.78 is 42.0. The lowest BCUT2D eigenvalue weighted by Crippen LogP contribution is -2.46. The third-order valence-corrected chi connectivity index (χ3v) is 4.04. The Hall–Kier alpha value is -0.550. The van der Waals surface area contributed by atoms with Crippen LogP contribution in [0.2, 0.25) is 0 Å². The Morgan fingerprint density at radius 1 is 1.28 bits per heavy atom. The van der Waals surface area contributed by atoms with Gasteiger partial charge in [0.2, 0.25) is 0 Å². The van der Waals surface area contributed by atoms with E-state index >= 15 is 0 Å². The lowest BCUT2D eigenvalue weighted by molar-refractivity contribution is -0.267. The first-order chi connectivity index (χ1) is 8.29. The molecular formula is C13H19F3O2. The standard InChI is InChI=1S/C13H19F3O2/c1-12(17,13(14,15)16)8-18-5-4-11-7-9-2-3-10(11)6-9/h2-3,9-11,17H,4-8H2,1H3. The van der Waals surface area contributed by atoms with Crippen LogP contribution in [0.4, 0.5) is 13.2 Å². The number of aliphatic hydroxyl groups is 1. The summed E-state index contributed by atoms with van der Waals surface area (Å²) in [6.07, 6.45) is 2.90. The van der Waals surface area contributed by atoms with E-state index in [0.717, 1.165) is 19.8 Å². The molecule has 0 aromatic heterocycles. The monoisotopic (exact) mass is 264 g/mol. The van der Waals surface area contributed by atoms with E-state index in [-0.39, 0.29) is 6.61 Å². The van der Waals surface area contributed by atoms with Gasteiger partial charge >= 0.3 is 6.18 Å². The Kier molecular flexibility index (Phi) is 3.74. The minimum Gasteiger partial charge on any atom is -0.379 e. The van der Waals surface area contributed by atoms with Gasteiger partial charge in [-0.15, -0.1) is 0 Å². The molecule has 1 saturated carbocycles. The Bertz CT molecular complexity index is 323. The van der Waals surface area contributed by atoms with Gasteiger partial charge in [-0.25, -0.2) is 0 Å². The van der Waals surface area contributed by atoms with Crippen LogP contribution in [0.1, 0.15) is 26.2 Å². The molecule has 2 aliphatic rings. The van der Waals surface area contributed by atoms with Crippen LogP contribution < -0.4 is 0 Å². The van der Waals surface area contributed by atoms with E-state index in [1.807, 2.05) is 0 Å². The van der Waals surface area contributed by atoms with Crippen molar-refractivity contribution in [3.8, 4) is 0 Å². The van der Waals surface area contributed by atoms with Gasteiger partial charge in [-0.05, 0) is 43.9 Å². The smallest absolute Gasteiger partial charge is 0.379 e. The van der Waals surface area contributed by atoms with Crippen LogP contribution in [0.15, 0.2) is 12.2 Å². The molecule has 18 heavy (non-hydrogen) atoms. The molecule has 4 atom stereocenters. The van der Waals surface area contributed by atoms with Gasteiger partial charge in [0.15, 0.2) is 5.60 Å². The maximum Gasteiger partial charge on any atom is 0.419 e.